The fourth-order valence-electron chi connectivity index (χ4n) is 1.02. The number of ether oxygens (including phenoxy) is 1. The van der Waals surface area contributed by atoms with Crippen molar-refractivity contribution in [3.8, 4) is 0 Å². The lowest BCUT2D eigenvalue weighted by Crippen LogP contribution is -2.07. The lowest BCUT2D eigenvalue weighted by atomic mass is 10.3. The van der Waals surface area contributed by atoms with E-state index in [0.29, 0.717) is 11.6 Å². The van der Waals surface area contributed by atoms with Gasteiger partial charge in [-0.1, -0.05) is 18.5 Å². The van der Waals surface area contributed by atoms with E-state index >= 15 is 0 Å². The van der Waals surface area contributed by atoms with E-state index in [4.69, 9.17) is 16.3 Å². The molecule has 0 saturated carbocycles. The molecule has 0 unspecified atom stereocenters. The SMILES string of the molecule is CCOC(=O)c1ncc(SCC)cc1Cl. The molecule has 0 bridgehead atoms. The van der Waals surface area contributed by atoms with E-state index in [-0.39, 0.29) is 5.69 Å². The van der Waals surface area contributed by atoms with Crippen LogP contribution in [0.5, 0.6) is 0 Å². The lowest BCUT2D eigenvalue weighted by molar-refractivity contribution is 0.0519. The maximum atomic E-state index is 11.4. The summed E-state index contributed by atoms with van der Waals surface area (Å²) < 4.78 is 4.82. The number of nitrogens with zero attached hydrogens (tertiary/aromatic N) is 1. The molecule has 0 aliphatic heterocycles. The smallest absolute Gasteiger partial charge is 0.358 e. The second-order valence-corrected chi connectivity index (χ2v) is 4.40. The summed E-state index contributed by atoms with van der Waals surface area (Å²) in [5.41, 5.74) is 0.180. The summed E-state index contributed by atoms with van der Waals surface area (Å²) in [4.78, 5) is 16.3. The Hall–Kier alpha value is -0.740. The molecule has 0 aliphatic carbocycles. The summed E-state index contributed by atoms with van der Waals surface area (Å²) in [5.74, 6) is 0.465. The van der Waals surface area contributed by atoms with Crippen molar-refractivity contribution in [3.63, 3.8) is 0 Å². The Morgan fingerprint density at radius 2 is 2.33 bits per heavy atom. The van der Waals surface area contributed by atoms with Crippen LogP contribution < -0.4 is 0 Å². The van der Waals surface area contributed by atoms with E-state index in [1.165, 1.54) is 0 Å². The maximum Gasteiger partial charge on any atom is 0.358 e. The first kappa shape index (κ1) is 12.3. The molecule has 0 amide bonds. The first-order valence-electron chi connectivity index (χ1n) is 4.64. The van der Waals surface area contributed by atoms with Gasteiger partial charge < -0.3 is 4.74 Å². The lowest BCUT2D eigenvalue weighted by Gasteiger charge is -2.04. The molecular weight excluding hydrogens is 234 g/mol. The highest BCUT2D eigenvalue weighted by molar-refractivity contribution is 7.99. The van der Waals surface area contributed by atoms with E-state index in [2.05, 4.69) is 4.98 Å². The van der Waals surface area contributed by atoms with Crippen LogP contribution in [0.3, 0.4) is 0 Å². The van der Waals surface area contributed by atoms with Crippen LogP contribution >= 0.6 is 23.4 Å². The van der Waals surface area contributed by atoms with E-state index < -0.39 is 5.97 Å². The van der Waals surface area contributed by atoms with Crippen molar-refractivity contribution in [2.75, 3.05) is 12.4 Å². The largest absolute Gasteiger partial charge is 0.461 e. The summed E-state index contributed by atoms with van der Waals surface area (Å²) in [5, 5.41) is 0.340. The molecule has 0 atom stereocenters. The topological polar surface area (TPSA) is 39.2 Å². The van der Waals surface area contributed by atoms with E-state index in [9.17, 15) is 4.79 Å². The average molecular weight is 246 g/mol. The number of pyridine rings is 1. The number of hydrogen-bond donors (Lipinski definition) is 0. The molecule has 0 aromatic carbocycles. The van der Waals surface area contributed by atoms with Crippen molar-refractivity contribution >= 4 is 29.3 Å². The van der Waals surface area contributed by atoms with Gasteiger partial charge in [0, 0.05) is 11.1 Å². The maximum absolute atomic E-state index is 11.4. The van der Waals surface area contributed by atoms with Gasteiger partial charge in [-0.25, -0.2) is 9.78 Å². The van der Waals surface area contributed by atoms with Crippen molar-refractivity contribution in [1.29, 1.82) is 0 Å². The van der Waals surface area contributed by atoms with Crippen molar-refractivity contribution in [1.82, 2.24) is 4.98 Å². The molecule has 1 aromatic heterocycles. The average Bonchev–Trinajstić information content (AvgIpc) is 2.18. The van der Waals surface area contributed by atoms with Crippen LogP contribution in [0.1, 0.15) is 24.3 Å². The van der Waals surface area contributed by atoms with Crippen LogP contribution in [0.4, 0.5) is 0 Å². The molecule has 1 rings (SSSR count). The van der Waals surface area contributed by atoms with E-state index in [1.807, 2.05) is 6.92 Å². The Bertz CT molecular complexity index is 357. The standard InChI is InChI=1S/C10H12ClNO2S/c1-3-14-10(13)9-8(11)5-7(6-12-9)15-4-2/h5-6H,3-4H2,1-2H3. The highest BCUT2D eigenvalue weighted by atomic mass is 35.5. The minimum atomic E-state index is -0.476. The van der Waals surface area contributed by atoms with Crippen LogP contribution in [0.25, 0.3) is 0 Å². The highest BCUT2D eigenvalue weighted by Crippen LogP contribution is 2.23. The van der Waals surface area contributed by atoms with Gasteiger partial charge >= 0.3 is 5.97 Å². The van der Waals surface area contributed by atoms with Gasteiger partial charge in [-0.2, -0.15) is 0 Å². The van der Waals surface area contributed by atoms with Crippen LogP contribution in [0, 0.1) is 0 Å². The van der Waals surface area contributed by atoms with Crippen LogP contribution in [0.2, 0.25) is 5.02 Å². The van der Waals surface area contributed by atoms with Gasteiger partial charge in [0.15, 0.2) is 5.69 Å². The Kier molecular flexibility index (Phi) is 4.91. The first-order chi connectivity index (χ1) is 7.19. The fraction of sp³-hybridized carbons (Fsp3) is 0.400. The molecule has 1 heterocycles. The van der Waals surface area contributed by atoms with Crippen molar-refractivity contribution in [3.05, 3.63) is 23.0 Å². The molecule has 3 nitrogen and oxygen atoms in total. The molecule has 0 spiro atoms. The summed E-state index contributed by atoms with van der Waals surface area (Å²) >= 11 is 7.54. The Morgan fingerprint density at radius 3 is 2.87 bits per heavy atom. The molecule has 0 aliphatic rings. The molecule has 82 valence electrons. The predicted octanol–water partition coefficient (Wildman–Crippen LogP) is 3.02. The van der Waals surface area contributed by atoms with E-state index in [0.717, 1.165) is 10.6 Å². The fourth-order valence-corrected chi connectivity index (χ4v) is 1.99. The molecule has 0 fully saturated rings. The second kappa shape index (κ2) is 5.98. The van der Waals surface area contributed by atoms with Gasteiger partial charge in [-0.05, 0) is 18.7 Å². The number of thioether (sulfide) groups is 1. The number of halogens is 1. The van der Waals surface area contributed by atoms with Gasteiger partial charge in [0.1, 0.15) is 0 Å². The summed E-state index contributed by atoms with van der Waals surface area (Å²) in [7, 11) is 0. The van der Waals surface area contributed by atoms with Crippen molar-refractivity contribution in [2.24, 2.45) is 0 Å². The Labute approximate surface area is 98.2 Å². The zero-order valence-corrected chi connectivity index (χ0v) is 10.2. The number of carbonyl (C=O) groups is 1. The van der Waals surface area contributed by atoms with Crippen molar-refractivity contribution < 1.29 is 9.53 Å². The molecule has 0 radical (unpaired) electrons. The van der Waals surface area contributed by atoms with Crippen LogP contribution in [-0.4, -0.2) is 23.3 Å². The molecule has 0 N–H and O–H groups in total. The first-order valence-corrected chi connectivity index (χ1v) is 6.00. The van der Waals surface area contributed by atoms with Gasteiger partial charge in [-0.3, -0.25) is 0 Å². The third-order valence-corrected chi connectivity index (χ3v) is 2.73. The monoisotopic (exact) mass is 245 g/mol. The number of carbonyl (C=O) groups excluding carboxylic acids is 1. The van der Waals surface area contributed by atoms with Crippen LogP contribution in [-0.2, 0) is 4.74 Å². The molecular formula is C10H12ClNO2S. The van der Waals surface area contributed by atoms with Gasteiger partial charge in [0.25, 0.3) is 0 Å². The van der Waals surface area contributed by atoms with Gasteiger partial charge in [0.2, 0.25) is 0 Å². The number of rotatable bonds is 4. The third kappa shape index (κ3) is 3.39. The highest BCUT2D eigenvalue weighted by Gasteiger charge is 2.13. The third-order valence-electron chi connectivity index (χ3n) is 1.60. The number of aromatic nitrogens is 1. The zero-order chi connectivity index (χ0) is 11.3. The molecule has 5 heteroatoms. The number of hydrogen-bond acceptors (Lipinski definition) is 4. The zero-order valence-electron chi connectivity index (χ0n) is 8.62. The Balaban J connectivity index is 2.87. The molecule has 15 heavy (non-hydrogen) atoms. The number of esters is 1. The van der Waals surface area contributed by atoms with Gasteiger partial charge in [-0.15, -0.1) is 11.8 Å². The van der Waals surface area contributed by atoms with Gasteiger partial charge in [0.05, 0.1) is 11.6 Å². The minimum Gasteiger partial charge on any atom is -0.461 e. The molecule has 0 saturated heterocycles. The van der Waals surface area contributed by atoms with Crippen LogP contribution in [0.15, 0.2) is 17.2 Å². The minimum absolute atomic E-state index is 0.180. The normalized spacial score (nSPS) is 10.1. The van der Waals surface area contributed by atoms with E-state index in [1.54, 1.807) is 30.9 Å². The quantitative estimate of drug-likeness (QED) is 0.604. The summed E-state index contributed by atoms with van der Waals surface area (Å²) in [6, 6.07) is 1.73. The summed E-state index contributed by atoms with van der Waals surface area (Å²) in [6.07, 6.45) is 1.63. The van der Waals surface area contributed by atoms with Crippen molar-refractivity contribution in [2.45, 2.75) is 18.7 Å². The second-order valence-electron chi connectivity index (χ2n) is 2.65. The summed E-state index contributed by atoms with van der Waals surface area (Å²) in [6.45, 7) is 4.10. The predicted molar refractivity (Wildman–Crippen MR) is 61.6 cm³/mol. The molecule has 1 aromatic rings. The Morgan fingerprint density at radius 1 is 1.60 bits per heavy atom.